The molecule has 0 unspecified atom stereocenters. The lowest BCUT2D eigenvalue weighted by Gasteiger charge is -2.18. The van der Waals surface area contributed by atoms with E-state index in [1.54, 1.807) is 0 Å². The Morgan fingerprint density at radius 1 is 0.271 bits per heavy atom. The SMILES string of the molecule is CCCCCCCCCCCCCCCCCCCCC(=O)O[C@@H](COC(=O)CCCCCCCCCCCC)COC(=O)CCCCCCCCCCCCCCC. The maximum Gasteiger partial charge on any atom is 0.306 e. The third-order valence-electron chi connectivity index (χ3n) is 12.1. The van der Waals surface area contributed by atoms with Gasteiger partial charge in [-0.2, -0.15) is 0 Å². The number of rotatable bonds is 49. The van der Waals surface area contributed by atoms with Crippen LogP contribution in [0.15, 0.2) is 0 Å². The molecule has 1 atom stereocenters. The number of esters is 3. The van der Waals surface area contributed by atoms with E-state index in [1.807, 2.05) is 0 Å². The van der Waals surface area contributed by atoms with Crippen LogP contribution in [-0.4, -0.2) is 37.2 Å². The largest absolute Gasteiger partial charge is 0.462 e. The lowest BCUT2D eigenvalue weighted by Crippen LogP contribution is -2.30. The minimum absolute atomic E-state index is 0.0618. The fourth-order valence-electron chi connectivity index (χ4n) is 8.09. The average Bonchev–Trinajstić information content (AvgIpc) is 3.23. The monoisotopic (exact) mass is 835 g/mol. The summed E-state index contributed by atoms with van der Waals surface area (Å²) in [4.78, 5) is 37.9. The molecule has 0 bridgehead atoms. The zero-order valence-corrected chi connectivity index (χ0v) is 40.1. The smallest absolute Gasteiger partial charge is 0.306 e. The maximum atomic E-state index is 12.8. The van der Waals surface area contributed by atoms with Gasteiger partial charge in [-0.25, -0.2) is 0 Å². The van der Waals surface area contributed by atoms with Crippen LogP contribution in [0.2, 0.25) is 0 Å². The molecule has 0 aromatic heterocycles. The Balaban J connectivity index is 4.25. The van der Waals surface area contributed by atoms with Gasteiger partial charge in [0.2, 0.25) is 0 Å². The maximum absolute atomic E-state index is 12.8. The summed E-state index contributed by atoms with van der Waals surface area (Å²) in [6, 6.07) is 0. The first-order valence-corrected chi connectivity index (χ1v) is 26.5. The minimum atomic E-state index is -0.759. The molecule has 0 N–H and O–H groups in total. The van der Waals surface area contributed by atoms with Gasteiger partial charge < -0.3 is 14.2 Å². The van der Waals surface area contributed by atoms with Crippen molar-refractivity contribution < 1.29 is 28.6 Å². The summed E-state index contributed by atoms with van der Waals surface area (Å²) in [6.45, 7) is 6.67. The van der Waals surface area contributed by atoms with Crippen LogP contribution < -0.4 is 0 Å². The van der Waals surface area contributed by atoms with Crippen molar-refractivity contribution >= 4 is 17.9 Å². The van der Waals surface area contributed by atoms with E-state index in [2.05, 4.69) is 20.8 Å². The Kier molecular flexibility index (Phi) is 47.7. The molecule has 0 heterocycles. The second-order valence-corrected chi connectivity index (χ2v) is 18.2. The molecule has 0 saturated carbocycles. The van der Waals surface area contributed by atoms with Crippen molar-refractivity contribution in [3.63, 3.8) is 0 Å². The summed E-state index contributed by atoms with van der Waals surface area (Å²) in [5.74, 6) is -0.841. The molecule has 6 heteroatoms. The predicted molar refractivity (Wildman–Crippen MR) is 252 cm³/mol. The van der Waals surface area contributed by atoms with Gasteiger partial charge in [0.05, 0.1) is 0 Å². The number of hydrogen-bond donors (Lipinski definition) is 0. The molecule has 350 valence electrons. The second kappa shape index (κ2) is 49.1. The third kappa shape index (κ3) is 47.3. The zero-order chi connectivity index (χ0) is 43.0. The molecule has 6 nitrogen and oxygen atoms in total. The van der Waals surface area contributed by atoms with Crippen LogP contribution in [0.5, 0.6) is 0 Å². The lowest BCUT2D eigenvalue weighted by atomic mass is 10.0. The molecule has 0 aliphatic rings. The first-order valence-electron chi connectivity index (χ1n) is 26.5. The molecule has 59 heavy (non-hydrogen) atoms. The van der Waals surface area contributed by atoms with Crippen molar-refractivity contribution in [1.82, 2.24) is 0 Å². The molecule has 0 aliphatic heterocycles. The van der Waals surface area contributed by atoms with Gasteiger partial charge in [0.1, 0.15) is 13.2 Å². The van der Waals surface area contributed by atoms with Crippen LogP contribution in [0.25, 0.3) is 0 Å². The standard InChI is InChI=1S/C53H102O6/c1-4-7-10-13-16-19-22-24-25-26-27-28-30-32-35-38-41-44-47-53(56)59-50(48-57-51(54)45-42-39-36-33-21-18-15-12-9-6-3)49-58-52(55)46-43-40-37-34-31-29-23-20-17-14-11-8-5-2/h50H,4-49H2,1-3H3/t50-/m0/s1. The molecule has 0 saturated heterocycles. The van der Waals surface area contributed by atoms with Crippen LogP contribution in [0, 0.1) is 0 Å². The minimum Gasteiger partial charge on any atom is -0.462 e. The summed E-state index contributed by atoms with van der Waals surface area (Å²) in [6.07, 6.45) is 52.3. The van der Waals surface area contributed by atoms with Crippen molar-refractivity contribution in [2.75, 3.05) is 13.2 Å². The van der Waals surface area contributed by atoms with Gasteiger partial charge in [-0.15, -0.1) is 0 Å². The van der Waals surface area contributed by atoms with E-state index in [-0.39, 0.29) is 31.1 Å². The highest BCUT2D eigenvalue weighted by Gasteiger charge is 2.19. The highest BCUT2D eigenvalue weighted by molar-refractivity contribution is 5.71. The Bertz CT molecular complexity index is 874. The van der Waals surface area contributed by atoms with E-state index in [4.69, 9.17) is 14.2 Å². The Morgan fingerprint density at radius 3 is 0.678 bits per heavy atom. The number of hydrogen-bond acceptors (Lipinski definition) is 6. The predicted octanol–water partition coefficient (Wildman–Crippen LogP) is 17.2. The molecule has 0 radical (unpaired) electrons. The Hall–Kier alpha value is -1.59. The van der Waals surface area contributed by atoms with Gasteiger partial charge in [-0.1, -0.05) is 265 Å². The van der Waals surface area contributed by atoms with E-state index < -0.39 is 6.10 Å². The summed E-state index contributed by atoms with van der Waals surface area (Å²) in [7, 11) is 0. The van der Waals surface area contributed by atoms with Crippen LogP contribution in [0.1, 0.15) is 303 Å². The van der Waals surface area contributed by atoms with Gasteiger partial charge in [-0.05, 0) is 19.3 Å². The Labute approximate surface area is 368 Å². The average molecular weight is 835 g/mol. The summed E-state index contributed by atoms with van der Waals surface area (Å²) in [5, 5.41) is 0. The van der Waals surface area contributed by atoms with E-state index in [0.29, 0.717) is 19.3 Å². The molecule has 0 aromatic carbocycles. The van der Waals surface area contributed by atoms with Gasteiger partial charge >= 0.3 is 17.9 Å². The lowest BCUT2D eigenvalue weighted by molar-refractivity contribution is -0.167. The molecule has 0 rings (SSSR count). The molecule has 0 fully saturated rings. The van der Waals surface area contributed by atoms with Gasteiger partial charge in [0, 0.05) is 19.3 Å². The summed E-state index contributed by atoms with van der Waals surface area (Å²) < 4.78 is 16.8. The number of carbonyl (C=O) groups is 3. The fraction of sp³-hybridized carbons (Fsp3) is 0.943. The van der Waals surface area contributed by atoms with Gasteiger partial charge in [0.25, 0.3) is 0 Å². The first-order chi connectivity index (χ1) is 29.0. The molecular weight excluding hydrogens is 733 g/mol. The fourth-order valence-corrected chi connectivity index (χ4v) is 8.09. The van der Waals surface area contributed by atoms with Crippen molar-refractivity contribution in [3.8, 4) is 0 Å². The highest BCUT2D eigenvalue weighted by atomic mass is 16.6. The number of unbranched alkanes of at least 4 members (excludes halogenated alkanes) is 38. The summed E-state index contributed by atoms with van der Waals surface area (Å²) >= 11 is 0. The Morgan fingerprint density at radius 2 is 0.458 bits per heavy atom. The van der Waals surface area contributed by atoms with Crippen molar-refractivity contribution in [2.24, 2.45) is 0 Å². The topological polar surface area (TPSA) is 78.9 Å². The summed E-state index contributed by atoms with van der Waals surface area (Å²) in [5.41, 5.74) is 0. The van der Waals surface area contributed by atoms with E-state index in [9.17, 15) is 14.4 Å². The second-order valence-electron chi connectivity index (χ2n) is 18.2. The zero-order valence-electron chi connectivity index (χ0n) is 40.1. The molecule has 0 amide bonds. The quantitative estimate of drug-likeness (QED) is 0.0345. The van der Waals surface area contributed by atoms with Crippen LogP contribution in [-0.2, 0) is 28.6 Å². The van der Waals surface area contributed by atoms with Gasteiger partial charge in [-0.3, -0.25) is 14.4 Å². The van der Waals surface area contributed by atoms with Crippen molar-refractivity contribution in [3.05, 3.63) is 0 Å². The van der Waals surface area contributed by atoms with E-state index in [0.717, 1.165) is 57.8 Å². The highest BCUT2D eigenvalue weighted by Crippen LogP contribution is 2.17. The van der Waals surface area contributed by atoms with E-state index in [1.165, 1.54) is 205 Å². The first kappa shape index (κ1) is 57.4. The molecule has 0 spiro atoms. The molecule has 0 aromatic rings. The van der Waals surface area contributed by atoms with Crippen LogP contribution in [0.4, 0.5) is 0 Å². The van der Waals surface area contributed by atoms with Crippen molar-refractivity contribution in [2.45, 2.75) is 309 Å². The van der Waals surface area contributed by atoms with Gasteiger partial charge in [0.15, 0.2) is 6.10 Å². The molecule has 0 aliphatic carbocycles. The number of ether oxygens (including phenoxy) is 3. The normalized spacial score (nSPS) is 11.8. The third-order valence-corrected chi connectivity index (χ3v) is 12.1. The van der Waals surface area contributed by atoms with Crippen molar-refractivity contribution in [1.29, 1.82) is 0 Å². The van der Waals surface area contributed by atoms with Crippen LogP contribution in [0.3, 0.4) is 0 Å². The van der Waals surface area contributed by atoms with E-state index >= 15 is 0 Å². The van der Waals surface area contributed by atoms with Crippen LogP contribution >= 0.6 is 0 Å². The molecular formula is C53H102O6. The number of carbonyl (C=O) groups excluding carboxylic acids is 3.